The third kappa shape index (κ3) is 5.56. The average Bonchev–Trinajstić information content (AvgIpc) is 3.16. The summed E-state index contributed by atoms with van der Waals surface area (Å²) in [4.78, 5) is 43.7. The molecule has 0 N–H and O–H groups in total. The van der Waals surface area contributed by atoms with Gasteiger partial charge in [-0.15, -0.1) is 0 Å². The molecule has 0 unspecified atom stereocenters. The van der Waals surface area contributed by atoms with Gasteiger partial charge in [0.2, 0.25) is 0 Å². The molecule has 1 aromatic heterocycles. The zero-order valence-corrected chi connectivity index (χ0v) is 22.1. The summed E-state index contributed by atoms with van der Waals surface area (Å²) in [5.41, 5.74) is 1.92. The van der Waals surface area contributed by atoms with Crippen LogP contribution >= 0.6 is 11.3 Å². The fourth-order valence-electron chi connectivity index (χ4n) is 4.01. The maximum Gasteiger partial charge on any atom is 0.338 e. The van der Waals surface area contributed by atoms with E-state index in [4.69, 9.17) is 14.2 Å². The molecule has 0 bridgehead atoms. The number of ether oxygens (including phenoxy) is 3. The van der Waals surface area contributed by atoms with Crippen LogP contribution in [0.4, 0.5) is 0 Å². The number of aromatic nitrogens is 1. The second-order valence-corrected chi connectivity index (χ2v) is 10.00. The Morgan fingerprint density at radius 1 is 1.14 bits per heavy atom. The van der Waals surface area contributed by atoms with E-state index in [-0.39, 0.29) is 29.4 Å². The van der Waals surface area contributed by atoms with Crippen LogP contribution in [-0.4, -0.2) is 30.2 Å². The molecule has 2 heterocycles. The van der Waals surface area contributed by atoms with E-state index in [0.29, 0.717) is 26.3 Å². The van der Waals surface area contributed by atoms with Crippen LogP contribution < -0.4 is 24.4 Å². The predicted octanol–water partition coefficient (Wildman–Crippen LogP) is 3.37. The third-order valence-electron chi connectivity index (χ3n) is 5.64. The molecule has 1 aliphatic heterocycles. The normalized spacial score (nSPS) is 15.3. The van der Waals surface area contributed by atoms with Crippen molar-refractivity contribution in [1.29, 1.82) is 0 Å². The van der Waals surface area contributed by atoms with Crippen LogP contribution in [0.15, 0.2) is 69.6 Å². The van der Waals surface area contributed by atoms with Crippen LogP contribution in [-0.2, 0) is 14.3 Å². The Morgan fingerprint density at radius 3 is 2.51 bits per heavy atom. The molecule has 3 aromatic rings. The number of benzene rings is 2. The predicted molar refractivity (Wildman–Crippen MR) is 140 cm³/mol. The van der Waals surface area contributed by atoms with Gasteiger partial charge in [0.05, 0.1) is 35.6 Å². The Balaban J connectivity index is 1.92. The van der Waals surface area contributed by atoms with Gasteiger partial charge in [-0.3, -0.25) is 14.2 Å². The lowest BCUT2D eigenvalue weighted by Crippen LogP contribution is -2.40. The number of hydrogen-bond donors (Lipinski definition) is 0. The second kappa shape index (κ2) is 11.0. The van der Waals surface area contributed by atoms with E-state index in [2.05, 4.69) is 4.99 Å². The lowest BCUT2D eigenvalue weighted by Gasteiger charge is -2.25. The zero-order chi connectivity index (χ0) is 26.7. The van der Waals surface area contributed by atoms with Crippen molar-refractivity contribution in [3.63, 3.8) is 0 Å². The zero-order valence-electron chi connectivity index (χ0n) is 21.3. The van der Waals surface area contributed by atoms with Crippen molar-refractivity contribution in [1.82, 2.24) is 4.57 Å². The minimum atomic E-state index is -0.811. The van der Waals surface area contributed by atoms with Crippen LogP contribution in [0.2, 0.25) is 0 Å². The summed E-state index contributed by atoms with van der Waals surface area (Å²) in [6.07, 6.45) is 1.81. The van der Waals surface area contributed by atoms with Gasteiger partial charge in [0.15, 0.2) is 16.3 Å². The number of carbonyl (C=O) groups is 2. The van der Waals surface area contributed by atoms with Crippen LogP contribution in [0.1, 0.15) is 44.9 Å². The van der Waals surface area contributed by atoms with E-state index < -0.39 is 18.0 Å². The number of rotatable bonds is 7. The van der Waals surface area contributed by atoms with Gasteiger partial charge in [0.1, 0.15) is 0 Å². The van der Waals surface area contributed by atoms with Crippen molar-refractivity contribution in [3.8, 4) is 11.5 Å². The summed E-state index contributed by atoms with van der Waals surface area (Å²) in [5.74, 6) is -0.365. The highest BCUT2D eigenvalue weighted by Crippen LogP contribution is 2.36. The van der Waals surface area contributed by atoms with Gasteiger partial charge in [-0.2, -0.15) is 0 Å². The topological polar surface area (TPSA) is 96.2 Å². The molecule has 8 nitrogen and oxygen atoms in total. The molecule has 37 heavy (non-hydrogen) atoms. The molecular formula is C28H28N2O6S. The molecule has 0 saturated heterocycles. The van der Waals surface area contributed by atoms with Crippen LogP contribution in [0, 0.1) is 5.92 Å². The summed E-state index contributed by atoms with van der Waals surface area (Å²) in [6, 6.07) is 13.7. The molecule has 192 valence electrons. The first-order valence-corrected chi connectivity index (χ1v) is 12.6. The molecule has 9 heteroatoms. The summed E-state index contributed by atoms with van der Waals surface area (Å²) < 4.78 is 18.3. The fraction of sp³-hybridized carbons (Fsp3) is 0.286. The maximum atomic E-state index is 13.7. The molecule has 0 radical (unpaired) electrons. The van der Waals surface area contributed by atoms with Crippen LogP contribution in [0.3, 0.4) is 0 Å². The summed E-state index contributed by atoms with van der Waals surface area (Å²) in [7, 11) is 1.45. The first-order chi connectivity index (χ1) is 17.7. The Morgan fingerprint density at radius 2 is 1.86 bits per heavy atom. The number of methoxy groups -OCH3 is 1. The maximum absolute atomic E-state index is 13.7. The second-order valence-electron chi connectivity index (χ2n) is 8.99. The minimum Gasteiger partial charge on any atom is -0.493 e. The largest absolute Gasteiger partial charge is 0.493 e. The molecule has 0 spiro atoms. The Kier molecular flexibility index (Phi) is 7.73. The van der Waals surface area contributed by atoms with Gasteiger partial charge in [0, 0.05) is 6.92 Å². The monoisotopic (exact) mass is 520 g/mol. The van der Waals surface area contributed by atoms with E-state index in [0.717, 1.165) is 5.56 Å². The molecule has 0 amide bonds. The van der Waals surface area contributed by atoms with Crippen LogP contribution in [0.5, 0.6) is 11.5 Å². The molecule has 0 aliphatic carbocycles. The first-order valence-electron chi connectivity index (χ1n) is 11.8. The quantitative estimate of drug-likeness (QED) is 0.350. The van der Waals surface area contributed by atoms with E-state index in [9.17, 15) is 14.4 Å². The highest BCUT2D eigenvalue weighted by molar-refractivity contribution is 7.07. The van der Waals surface area contributed by atoms with Gasteiger partial charge < -0.3 is 14.2 Å². The Labute approximate surface area is 218 Å². The van der Waals surface area contributed by atoms with Crippen molar-refractivity contribution in [2.45, 2.75) is 33.7 Å². The van der Waals surface area contributed by atoms with Gasteiger partial charge in [-0.1, -0.05) is 61.6 Å². The molecule has 0 fully saturated rings. The molecule has 2 aromatic carbocycles. The van der Waals surface area contributed by atoms with Crippen molar-refractivity contribution in [3.05, 3.63) is 90.6 Å². The van der Waals surface area contributed by atoms with Crippen LogP contribution in [0.25, 0.3) is 6.08 Å². The van der Waals surface area contributed by atoms with E-state index in [1.165, 1.54) is 29.9 Å². The van der Waals surface area contributed by atoms with E-state index in [1.54, 1.807) is 31.2 Å². The number of nitrogens with zero attached hydrogens (tertiary/aromatic N) is 2. The van der Waals surface area contributed by atoms with Gasteiger partial charge in [-0.05, 0) is 42.2 Å². The number of hydrogen-bond acceptors (Lipinski definition) is 8. The summed E-state index contributed by atoms with van der Waals surface area (Å²) in [6.45, 7) is 7.16. The first kappa shape index (κ1) is 26.1. The number of allylic oxidation sites excluding steroid dienone is 1. The smallest absolute Gasteiger partial charge is 0.338 e. The van der Waals surface area contributed by atoms with Gasteiger partial charge >= 0.3 is 11.9 Å². The fourth-order valence-corrected chi connectivity index (χ4v) is 5.06. The van der Waals surface area contributed by atoms with Gasteiger partial charge in [0.25, 0.3) is 5.56 Å². The standard InChI is InChI=1S/C28H28N2O6S/c1-16(2)15-35-27(33)24-17(3)29-28-30(26(32)23(37-28)13-19-9-7-6-8-10-19)25(24)20-11-12-21(36-18(4)31)22(14-20)34-5/h6-14,16,25H,15H2,1-5H3/b23-13+/t25-/m1/s1. The third-order valence-corrected chi connectivity index (χ3v) is 6.63. The number of carbonyl (C=O) groups excluding carboxylic acids is 2. The summed E-state index contributed by atoms with van der Waals surface area (Å²) in [5, 5.41) is 0. The molecular weight excluding hydrogens is 492 g/mol. The van der Waals surface area contributed by atoms with Crippen molar-refractivity contribution in [2.75, 3.05) is 13.7 Å². The Bertz CT molecular complexity index is 1550. The minimum absolute atomic E-state index is 0.137. The molecule has 0 saturated carbocycles. The highest BCUT2D eigenvalue weighted by atomic mass is 32.1. The van der Waals surface area contributed by atoms with E-state index >= 15 is 0 Å². The van der Waals surface area contributed by atoms with Crippen molar-refractivity contribution in [2.24, 2.45) is 10.9 Å². The lowest BCUT2D eigenvalue weighted by molar-refractivity contribution is -0.140. The molecule has 1 aliphatic rings. The number of esters is 2. The summed E-state index contributed by atoms with van der Waals surface area (Å²) >= 11 is 1.25. The van der Waals surface area contributed by atoms with Crippen molar-refractivity contribution < 1.29 is 23.8 Å². The average molecular weight is 521 g/mol. The lowest BCUT2D eigenvalue weighted by atomic mass is 9.95. The molecule has 1 atom stereocenters. The van der Waals surface area contributed by atoms with Crippen molar-refractivity contribution >= 4 is 29.4 Å². The van der Waals surface area contributed by atoms with E-state index in [1.807, 2.05) is 44.2 Å². The Hall–Kier alpha value is -3.98. The number of fused-ring (bicyclic) bond motifs is 1. The number of thiazole rings is 1. The van der Waals surface area contributed by atoms with Gasteiger partial charge in [-0.25, -0.2) is 9.79 Å². The SMILES string of the molecule is COc1cc([C@@H]2C(C(=O)OCC(C)C)=C(C)N=c3s/c(=C/c4ccccc4)c(=O)n32)ccc1OC(C)=O. The molecule has 4 rings (SSSR count). The highest BCUT2D eigenvalue weighted by Gasteiger charge is 2.34.